The van der Waals surface area contributed by atoms with Gasteiger partial charge in [-0.05, 0) is 26.0 Å². The Bertz CT molecular complexity index is 528. The van der Waals surface area contributed by atoms with Crippen LogP contribution in [0.1, 0.15) is 30.6 Å². The highest BCUT2D eigenvalue weighted by molar-refractivity contribution is 5.96. The Morgan fingerprint density at radius 3 is 2.57 bits per heavy atom. The minimum atomic E-state index is -0.361. The number of carbonyl (C=O) groups is 3. The lowest BCUT2D eigenvalue weighted by atomic mass is 10.1. The van der Waals surface area contributed by atoms with E-state index in [1.54, 1.807) is 24.3 Å². The number of methoxy groups -OCH3 is 1. The number of urea groups is 1. The van der Waals surface area contributed by atoms with Gasteiger partial charge in [-0.1, -0.05) is 12.1 Å². The number of Topliss-reactive ketones (excluding diaryl/α,β-unsaturated/α-hetero) is 1. The molecular formula is C15H20N2O4. The maximum absolute atomic E-state index is 12.1. The lowest BCUT2D eigenvalue weighted by Gasteiger charge is -2.21. The molecule has 0 saturated carbocycles. The van der Waals surface area contributed by atoms with Crippen molar-refractivity contribution in [3.8, 4) is 0 Å². The van der Waals surface area contributed by atoms with Gasteiger partial charge in [-0.15, -0.1) is 0 Å². The molecule has 0 aliphatic carbocycles. The molecule has 0 radical (unpaired) electrons. The number of anilines is 1. The number of rotatable bonds is 6. The average Bonchev–Trinajstić information content (AvgIpc) is 2.47. The van der Waals surface area contributed by atoms with Gasteiger partial charge in [0.2, 0.25) is 0 Å². The zero-order chi connectivity index (χ0) is 15.8. The molecular weight excluding hydrogens is 272 g/mol. The lowest BCUT2D eigenvalue weighted by molar-refractivity contribution is -0.140. The maximum atomic E-state index is 12.1. The lowest BCUT2D eigenvalue weighted by Crippen LogP contribution is -2.36. The van der Waals surface area contributed by atoms with Crippen LogP contribution >= 0.6 is 0 Å². The van der Waals surface area contributed by atoms with Crippen LogP contribution in [0.2, 0.25) is 0 Å². The van der Waals surface area contributed by atoms with Crippen molar-refractivity contribution in [3.63, 3.8) is 0 Å². The first-order valence-electron chi connectivity index (χ1n) is 6.71. The van der Waals surface area contributed by atoms with Crippen LogP contribution < -0.4 is 5.32 Å². The molecule has 1 aromatic rings. The third kappa shape index (κ3) is 5.25. The summed E-state index contributed by atoms with van der Waals surface area (Å²) in [5, 5.41) is 2.71. The highest BCUT2D eigenvalue weighted by Crippen LogP contribution is 2.12. The number of hydrogen-bond donors (Lipinski definition) is 1. The second-order valence-corrected chi connectivity index (χ2v) is 4.47. The molecule has 2 amide bonds. The molecule has 1 N–H and O–H groups in total. The van der Waals surface area contributed by atoms with E-state index in [2.05, 4.69) is 10.1 Å². The quantitative estimate of drug-likeness (QED) is 0.645. The first-order chi connectivity index (χ1) is 9.97. The standard InChI is InChI=1S/C15H20N2O4/c1-4-17(9-8-14(19)21-3)15(20)16-13-7-5-6-12(10-13)11(2)18/h5-7,10H,4,8-9H2,1-3H3,(H,16,20). The van der Waals surface area contributed by atoms with Gasteiger partial charge in [0, 0.05) is 24.3 Å². The van der Waals surface area contributed by atoms with E-state index in [0.29, 0.717) is 17.8 Å². The summed E-state index contributed by atoms with van der Waals surface area (Å²) in [5.74, 6) is -0.427. The Kier molecular flexibility index (Phi) is 6.39. The first-order valence-corrected chi connectivity index (χ1v) is 6.71. The van der Waals surface area contributed by atoms with Crippen molar-refractivity contribution >= 4 is 23.5 Å². The van der Waals surface area contributed by atoms with Crippen molar-refractivity contribution in [1.29, 1.82) is 0 Å². The number of esters is 1. The minimum absolute atomic E-state index is 0.0656. The number of nitrogens with one attached hydrogen (secondary N) is 1. The molecule has 21 heavy (non-hydrogen) atoms. The predicted octanol–water partition coefficient (Wildman–Crippen LogP) is 2.31. The number of ether oxygens (including phenoxy) is 1. The van der Waals surface area contributed by atoms with E-state index in [1.807, 2.05) is 6.92 Å². The third-order valence-corrected chi connectivity index (χ3v) is 3.00. The summed E-state index contributed by atoms with van der Waals surface area (Å²) < 4.78 is 4.55. The monoisotopic (exact) mass is 292 g/mol. The Morgan fingerprint density at radius 2 is 2.00 bits per heavy atom. The second kappa shape index (κ2) is 8.04. The van der Waals surface area contributed by atoms with Crippen molar-refractivity contribution in [2.24, 2.45) is 0 Å². The van der Waals surface area contributed by atoms with E-state index in [1.165, 1.54) is 18.9 Å². The fourth-order valence-electron chi connectivity index (χ4n) is 1.75. The molecule has 0 heterocycles. The summed E-state index contributed by atoms with van der Waals surface area (Å²) in [7, 11) is 1.31. The molecule has 0 aliphatic heterocycles. The number of nitrogens with zero attached hydrogens (tertiary/aromatic N) is 1. The minimum Gasteiger partial charge on any atom is -0.469 e. The average molecular weight is 292 g/mol. The molecule has 0 saturated heterocycles. The zero-order valence-corrected chi connectivity index (χ0v) is 12.5. The van der Waals surface area contributed by atoms with E-state index in [4.69, 9.17) is 0 Å². The highest BCUT2D eigenvalue weighted by Gasteiger charge is 2.14. The molecule has 0 unspecified atom stereocenters. The highest BCUT2D eigenvalue weighted by atomic mass is 16.5. The number of carbonyl (C=O) groups excluding carboxylic acids is 3. The van der Waals surface area contributed by atoms with Gasteiger partial charge in [0.25, 0.3) is 0 Å². The molecule has 0 aromatic heterocycles. The summed E-state index contributed by atoms with van der Waals surface area (Å²) in [6, 6.07) is 6.40. The van der Waals surface area contributed by atoms with Crippen molar-refractivity contribution in [2.75, 3.05) is 25.5 Å². The van der Waals surface area contributed by atoms with E-state index in [0.717, 1.165) is 0 Å². The molecule has 0 atom stereocenters. The molecule has 6 nitrogen and oxygen atoms in total. The van der Waals surface area contributed by atoms with Gasteiger partial charge in [-0.25, -0.2) is 4.79 Å². The van der Waals surface area contributed by atoms with Crippen LogP contribution in [0.3, 0.4) is 0 Å². The largest absolute Gasteiger partial charge is 0.469 e. The van der Waals surface area contributed by atoms with Crippen LogP contribution in [0.15, 0.2) is 24.3 Å². The topological polar surface area (TPSA) is 75.7 Å². The van der Waals surface area contributed by atoms with E-state index in [9.17, 15) is 14.4 Å². The van der Waals surface area contributed by atoms with Crippen molar-refractivity contribution in [3.05, 3.63) is 29.8 Å². The first kappa shape index (κ1) is 16.7. The van der Waals surface area contributed by atoms with Crippen LogP contribution in [0, 0.1) is 0 Å². The number of amides is 2. The molecule has 0 aliphatic rings. The van der Waals surface area contributed by atoms with Crippen LogP contribution in [0.5, 0.6) is 0 Å². The Morgan fingerprint density at radius 1 is 1.29 bits per heavy atom. The Balaban J connectivity index is 2.67. The molecule has 0 bridgehead atoms. The smallest absolute Gasteiger partial charge is 0.321 e. The third-order valence-electron chi connectivity index (χ3n) is 3.00. The van der Waals surface area contributed by atoms with E-state index < -0.39 is 0 Å². The fourth-order valence-corrected chi connectivity index (χ4v) is 1.75. The van der Waals surface area contributed by atoms with Gasteiger partial charge >= 0.3 is 12.0 Å². The van der Waals surface area contributed by atoms with Gasteiger partial charge in [-0.3, -0.25) is 9.59 Å². The van der Waals surface area contributed by atoms with Crippen LogP contribution in [-0.2, 0) is 9.53 Å². The summed E-state index contributed by atoms with van der Waals surface area (Å²) in [5.41, 5.74) is 1.08. The summed E-state index contributed by atoms with van der Waals surface area (Å²) in [6.45, 7) is 4.04. The van der Waals surface area contributed by atoms with Gasteiger partial charge in [0.05, 0.1) is 13.5 Å². The normalized spacial score (nSPS) is 9.86. The molecule has 1 aromatic carbocycles. The molecule has 114 valence electrons. The number of benzene rings is 1. The predicted molar refractivity (Wildman–Crippen MR) is 79.3 cm³/mol. The second-order valence-electron chi connectivity index (χ2n) is 4.47. The van der Waals surface area contributed by atoms with Crippen molar-refractivity contribution in [2.45, 2.75) is 20.3 Å². The number of ketones is 1. The SMILES string of the molecule is CCN(CCC(=O)OC)C(=O)Nc1cccc(C(C)=O)c1. The van der Waals surface area contributed by atoms with Crippen LogP contribution in [-0.4, -0.2) is 42.9 Å². The Labute approximate surface area is 124 Å². The van der Waals surface area contributed by atoms with Gasteiger partial charge < -0.3 is 15.0 Å². The van der Waals surface area contributed by atoms with Gasteiger partial charge in [-0.2, -0.15) is 0 Å². The number of hydrogen-bond acceptors (Lipinski definition) is 4. The van der Waals surface area contributed by atoms with Crippen molar-refractivity contribution < 1.29 is 19.1 Å². The molecule has 1 rings (SSSR count). The van der Waals surface area contributed by atoms with Gasteiger partial charge in [0.1, 0.15) is 0 Å². The fraction of sp³-hybridized carbons (Fsp3) is 0.400. The zero-order valence-electron chi connectivity index (χ0n) is 12.5. The van der Waals surface area contributed by atoms with Crippen LogP contribution in [0.4, 0.5) is 10.5 Å². The summed E-state index contributed by atoms with van der Waals surface area (Å²) in [6.07, 6.45) is 0.144. The molecule has 0 spiro atoms. The van der Waals surface area contributed by atoms with Crippen molar-refractivity contribution in [1.82, 2.24) is 4.90 Å². The molecule has 6 heteroatoms. The van der Waals surface area contributed by atoms with E-state index >= 15 is 0 Å². The van der Waals surface area contributed by atoms with E-state index in [-0.39, 0.29) is 30.7 Å². The van der Waals surface area contributed by atoms with Gasteiger partial charge in [0.15, 0.2) is 5.78 Å². The summed E-state index contributed by atoms with van der Waals surface area (Å²) >= 11 is 0. The summed E-state index contributed by atoms with van der Waals surface area (Å²) in [4.78, 5) is 36.0. The van der Waals surface area contributed by atoms with Crippen LogP contribution in [0.25, 0.3) is 0 Å². The Hall–Kier alpha value is -2.37. The molecule has 0 fully saturated rings. The maximum Gasteiger partial charge on any atom is 0.321 e.